The number of nitrogens with zero attached hydrogens (tertiary/aromatic N) is 1. The van der Waals surface area contributed by atoms with Crippen LogP contribution in [0.15, 0.2) is 24.3 Å². The van der Waals surface area contributed by atoms with Gasteiger partial charge in [0.1, 0.15) is 5.82 Å². The second-order valence-electron chi connectivity index (χ2n) is 6.36. The Morgan fingerprint density at radius 2 is 1.86 bits per heavy atom. The van der Waals surface area contributed by atoms with E-state index >= 15 is 0 Å². The first-order valence-electron chi connectivity index (χ1n) is 7.81. The van der Waals surface area contributed by atoms with Gasteiger partial charge in [-0.3, -0.25) is 14.5 Å². The molecule has 1 aliphatic carbocycles. The molecule has 1 unspecified atom stereocenters. The van der Waals surface area contributed by atoms with Crippen molar-refractivity contribution in [2.24, 2.45) is 5.41 Å². The van der Waals surface area contributed by atoms with Crippen molar-refractivity contribution in [3.05, 3.63) is 35.6 Å². The molecular formula is C17H20FNO3. The molecule has 0 bridgehead atoms. The first kappa shape index (κ1) is 15.2. The third-order valence-corrected chi connectivity index (χ3v) is 4.92. The molecule has 1 aromatic rings. The van der Waals surface area contributed by atoms with E-state index in [0.29, 0.717) is 0 Å². The number of likely N-dealkylation sites (tertiary alicyclic amines) is 1. The fraction of sp³-hybridized carbons (Fsp3) is 0.529. The normalized spacial score (nSPS) is 22.4. The van der Waals surface area contributed by atoms with Crippen molar-refractivity contribution in [3.63, 3.8) is 0 Å². The molecule has 5 heteroatoms. The Balaban J connectivity index is 1.76. The van der Waals surface area contributed by atoms with Gasteiger partial charge in [0, 0.05) is 12.0 Å². The number of amides is 2. The topological polar surface area (TPSA) is 57.6 Å². The molecule has 1 aromatic carbocycles. The summed E-state index contributed by atoms with van der Waals surface area (Å²) in [4.78, 5) is 26.0. The molecule has 1 atom stereocenters. The molecular weight excluding hydrogens is 285 g/mol. The summed E-state index contributed by atoms with van der Waals surface area (Å²) in [6.07, 6.45) is 3.55. The highest BCUT2D eigenvalue weighted by Gasteiger charge is 2.51. The van der Waals surface area contributed by atoms with E-state index < -0.39 is 17.3 Å². The van der Waals surface area contributed by atoms with Crippen LogP contribution in [0.25, 0.3) is 0 Å². The number of rotatable bonds is 3. The van der Waals surface area contributed by atoms with Crippen LogP contribution in [0.5, 0.6) is 0 Å². The second-order valence-corrected chi connectivity index (χ2v) is 6.36. The van der Waals surface area contributed by atoms with Gasteiger partial charge in [-0.1, -0.05) is 37.5 Å². The average molecular weight is 305 g/mol. The van der Waals surface area contributed by atoms with Gasteiger partial charge in [0.15, 0.2) is 0 Å². The quantitative estimate of drug-likeness (QED) is 0.873. The third-order valence-electron chi connectivity index (χ3n) is 4.92. The highest BCUT2D eigenvalue weighted by atomic mass is 19.1. The summed E-state index contributed by atoms with van der Waals surface area (Å²) in [6, 6.07) is 5.89. The zero-order valence-electron chi connectivity index (χ0n) is 12.4. The van der Waals surface area contributed by atoms with Gasteiger partial charge in [-0.2, -0.15) is 0 Å². The molecule has 1 saturated carbocycles. The third kappa shape index (κ3) is 2.54. The van der Waals surface area contributed by atoms with Crippen LogP contribution in [-0.4, -0.2) is 28.4 Å². The van der Waals surface area contributed by atoms with Gasteiger partial charge >= 0.3 is 0 Å². The van der Waals surface area contributed by atoms with E-state index in [1.54, 1.807) is 6.07 Å². The first-order valence-corrected chi connectivity index (χ1v) is 7.81. The summed E-state index contributed by atoms with van der Waals surface area (Å²) < 4.78 is 13.7. The SMILES string of the molecule is O=C1CC2(CCCCC2)C(=O)N1CC(O)c1ccccc1F. The lowest BCUT2D eigenvalue weighted by atomic mass is 9.73. The van der Waals surface area contributed by atoms with Gasteiger partial charge in [0.2, 0.25) is 11.8 Å². The maximum atomic E-state index is 13.7. The molecule has 3 rings (SSSR count). The summed E-state index contributed by atoms with van der Waals surface area (Å²) in [7, 11) is 0. The Morgan fingerprint density at radius 3 is 2.55 bits per heavy atom. The number of imide groups is 1. The van der Waals surface area contributed by atoms with Crippen LogP contribution in [-0.2, 0) is 9.59 Å². The number of halogens is 1. The minimum Gasteiger partial charge on any atom is -0.386 e. The molecule has 0 radical (unpaired) electrons. The van der Waals surface area contributed by atoms with Crippen molar-refractivity contribution in [1.29, 1.82) is 0 Å². The van der Waals surface area contributed by atoms with Gasteiger partial charge in [0.25, 0.3) is 0 Å². The van der Waals surface area contributed by atoms with Crippen molar-refractivity contribution >= 4 is 11.8 Å². The van der Waals surface area contributed by atoms with Crippen LogP contribution >= 0.6 is 0 Å². The molecule has 2 fully saturated rings. The number of aliphatic hydroxyl groups is 1. The minimum absolute atomic E-state index is 0.118. The van der Waals surface area contributed by atoms with E-state index in [1.807, 2.05) is 0 Å². The number of aliphatic hydroxyl groups excluding tert-OH is 1. The van der Waals surface area contributed by atoms with Gasteiger partial charge in [-0.15, -0.1) is 0 Å². The highest BCUT2D eigenvalue weighted by Crippen LogP contribution is 2.45. The Bertz CT molecular complexity index is 595. The summed E-state index contributed by atoms with van der Waals surface area (Å²) >= 11 is 0. The Kier molecular flexibility index (Phi) is 4.00. The zero-order valence-corrected chi connectivity index (χ0v) is 12.4. The molecule has 2 amide bonds. The lowest BCUT2D eigenvalue weighted by molar-refractivity contribution is -0.143. The number of hydrogen-bond acceptors (Lipinski definition) is 3. The van der Waals surface area contributed by atoms with Crippen LogP contribution in [0.2, 0.25) is 0 Å². The number of β-amino-alcohol motifs (C(OH)–C–C–N with tert-alkyl or cyclic N) is 1. The summed E-state index contributed by atoms with van der Waals surface area (Å²) in [5, 5.41) is 10.2. The number of carbonyl (C=O) groups excluding carboxylic acids is 2. The van der Waals surface area contributed by atoms with Crippen molar-refractivity contribution in [1.82, 2.24) is 4.90 Å². The van der Waals surface area contributed by atoms with Gasteiger partial charge in [-0.25, -0.2) is 4.39 Å². The van der Waals surface area contributed by atoms with Gasteiger partial charge in [-0.05, 0) is 18.9 Å². The predicted octanol–water partition coefficient (Wildman–Crippen LogP) is 2.57. The number of benzene rings is 1. The molecule has 22 heavy (non-hydrogen) atoms. The average Bonchev–Trinajstić information content (AvgIpc) is 2.73. The zero-order chi connectivity index (χ0) is 15.7. The summed E-state index contributed by atoms with van der Waals surface area (Å²) in [6.45, 7) is -0.166. The van der Waals surface area contributed by atoms with E-state index in [4.69, 9.17) is 0 Å². The molecule has 4 nitrogen and oxygen atoms in total. The Morgan fingerprint density at radius 1 is 1.18 bits per heavy atom. The molecule has 1 heterocycles. The fourth-order valence-corrected chi connectivity index (χ4v) is 3.68. The fourth-order valence-electron chi connectivity index (χ4n) is 3.68. The highest BCUT2D eigenvalue weighted by molar-refractivity contribution is 6.06. The molecule has 0 aromatic heterocycles. The van der Waals surface area contributed by atoms with Crippen LogP contribution in [0.1, 0.15) is 50.2 Å². The van der Waals surface area contributed by atoms with Crippen LogP contribution < -0.4 is 0 Å². The second kappa shape index (κ2) is 5.80. The van der Waals surface area contributed by atoms with E-state index in [1.165, 1.54) is 18.2 Å². The van der Waals surface area contributed by atoms with Crippen LogP contribution in [0.4, 0.5) is 4.39 Å². The largest absolute Gasteiger partial charge is 0.386 e. The summed E-state index contributed by atoms with van der Waals surface area (Å²) in [5.74, 6) is -0.962. The lowest BCUT2D eigenvalue weighted by Gasteiger charge is -2.30. The van der Waals surface area contributed by atoms with Crippen molar-refractivity contribution < 1.29 is 19.1 Å². The van der Waals surface area contributed by atoms with E-state index in [9.17, 15) is 19.1 Å². The summed E-state index contributed by atoms with van der Waals surface area (Å²) in [5.41, 5.74) is -0.447. The van der Waals surface area contributed by atoms with Crippen molar-refractivity contribution in [2.75, 3.05) is 6.54 Å². The minimum atomic E-state index is -1.19. The van der Waals surface area contributed by atoms with Gasteiger partial charge < -0.3 is 5.11 Å². The van der Waals surface area contributed by atoms with Crippen LogP contribution in [0.3, 0.4) is 0 Å². The molecule has 1 saturated heterocycles. The lowest BCUT2D eigenvalue weighted by Crippen LogP contribution is -2.39. The predicted molar refractivity (Wildman–Crippen MR) is 78.2 cm³/mol. The van der Waals surface area contributed by atoms with Crippen LogP contribution in [0, 0.1) is 11.2 Å². The van der Waals surface area contributed by atoms with Gasteiger partial charge in [0.05, 0.1) is 18.1 Å². The molecule has 1 spiro atoms. The number of hydrogen-bond donors (Lipinski definition) is 1. The van der Waals surface area contributed by atoms with E-state index in [0.717, 1.165) is 37.0 Å². The van der Waals surface area contributed by atoms with Crippen molar-refractivity contribution in [2.45, 2.75) is 44.6 Å². The smallest absolute Gasteiger partial charge is 0.236 e. The Labute approximate surface area is 128 Å². The Hall–Kier alpha value is -1.75. The number of carbonyl (C=O) groups is 2. The van der Waals surface area contributed by atoms with Crippen molar-refractivity contribution in [3.8, 4) is 0 Å². The molecule has 118 valence electrons. The maximum absolute atomic E-state index is 13.7. The molecule has 1 N–H and O–H groups in total. The maximum Gasteiger partial charge on any atom is 0.236 e. The molecule has 2 aliphatic rings. The van der Waals surface area contributed by atoms with E-state index in [-0.39, 0.29) is 30.3 Å². The first-order chi connectivity index (χ1) is 10.5. The standard InChI is InChI=1S/C17H20FNO3/c18-13-7-3-2-6-12(13)14(20)11-19-15(21)10-17(16(19)22)8-4-1-5-9-17/h2-3,6-7,14,20H,1,4-5,8-11H2. The molecule has 1 aliphatic heterocycles. The van der Waals surface area contributed by atoms with E-state index in [2.05, 4.69) is 0 Å². The monoisotopic (exact) mass is 305 g/mol.